The van der Waals surface area contributed by atoms with Crippen molar-refractivity contribution in [3.63, 3.8) is 0 Å². The number of halogens is 1. The van der Waals surface area contributed by atoms with E-state index in [4.69, 9.17) is 15.0 Å². The summed E-state index contributed by atoms with van der Waals surface area (Å²) in [6.45, 7) is 5.54. The van der Waals surface area contributed by atoms with E-state index in [0.29, 0.717) is 22.7 Å². The zero-order chi connectivity index (χ0) is 26.0. The number of nitriles is 1. The van der Waals surface area contributed by atoms with Crippen molar-refractivity contribution in [3.05, 3.63) is 36.7 Å². The first-order valence-electron chi connectivity index (χ1n) is 10.4. The van der Waals surface area contributed by atoms with E-state index in [2.05, 4.69) is 30.1 Å². The summed E-state index contributed by atoms with van der Waals surface area (Å²) in [6.07, 6.45) is 5.65. The topological polar surface area (TPSA) is 179 Å². The van der Waals surface area contributed by atoms with E-state index < -0.39 is 32.0 Å². The van der Waals surface area contributed by atoms with Gasteiger partial charge in [0.25, 0.3) is 5.91 Å². The van der Waals surface area contributed by atoms with Crippen LogP contribution in [0.1, 0.15) is 38.1 Å². The number of hydrogen-bond acceptors (Lipinski definition) is 8. The van der Waals surface area contributed by atoms with Crippen LogP contribution in [0.2, 0.25) is 0 Å². The molecule has 0 aromatic carbocycles. The summed E-state index contributed by atoms with van der Waals surface area (Å²) >= 11 is 0. The summed E-state index contributed by atoms with van der Waals surface area (Å²) in [7, 11) is -4.92. The second-order valence-corrected chi connectivity index (χ2v) is 9.62. The van der Waals surface area contributed by atoms with Crippen molar-refractivity contribution in [3.8, 4) is 12.0 Å². The van der Waals surface area contributed by atoms with Crippen LogP contribution in [0.4, 0.5) is 10.1 Å². The van der Waals surface area contributed by atoms with E-state index in [1.807, 2.05) is 20.0 Å². The fourth-order valence-corrected chi connectivity index (χ4v) is 3.88. The molecule has 0 radical (unpaired) electrons. The van der Waals surface area contributed by atoms with Gasteiger partial charge in [-0.3, -0.25) is 13.9 Å². The molecule has 13 nitrogen and oxygen atoms in total. The van der Waals surface area contributed by atoms with E-state index in [0.717, 1.165) is 0 Å². The van der Waals surface area contributed by atoms with Gasteiger partial charge in [0.05, 0.1) is 17.8 Å². The highest BCUT2D eigenvalue weighted by molar-refractivity contribution is 7.46. The number of imidazole rings is 1. The van der Waals surface area contributed by atoms with Gasteiger partial charge in [-0.2, -0.15) is 4.57 Å². The van der Waals surface area contributed by atoms with Crippen LogP contribution in [0, 0.1) is 11.5 Å². The third-order valence-corrected chi connectivity index (χ3v) is 5.53. The quantitative estimate of drug-likeness (QED) is 0.243. The third-order valence-electron chi connectivity index (χ3n) is 4.83. The maximum absolute atomic E-state index is 14.6. The second-order valence-electron chi connectivity index (χ2n) is 8.45. The second kappa shape index (κ2) is 10.0. The minimum atomic E-state index is -4.92. The molecule has 3 aromatic rings. The lowest BCUT2D eigenvalue weighted by Crippen LogP contribution is -2.43. The van der Waals surface area contributed by atoms with Crippen molar-refractivity contribution >= 4 is 30.6 Å². The van der Waals surface area contributed by atoms with Crippen LogP contribution in [0.5, 0.6) is 0 Å². The first kappa shape index (κ1) is 26.1. The zero-order valence-corrected chi connectivity index (χ0v) is 20.3. The number of nitrogens with zero attached hydrogens (tertiary/aromatic N) is 6. The minimum absolute atomic E-state index is 0.0615. The fourth-order valence-electron chi connectivity index (χ4n) is 3.15. The number of carbonyl (C=O) groups is 1. The van der Waals surface area contributed by atoms with Gasteiger partial charge in [-0.1, -0.05) is 4.98 Å². The van der Waals surface area contributed by atoms with Gasteiger partial charge in [-0.15, -0.1) is 0 Å². The summed E-state index contributed by atoms with van der Waals surface area (Å²) in [5.74, 6) is -0.251. The number of hydrogen-bond donors (Lipinski definition) is 4. The Kier molecular flexibility index (Phi) is 7.47. The molecule has 0 aliphatic rings. The van der Waals surface area contributed by atoms with Crippen LogP contribution < -0.4 is 15.2 Å². The summed E-state index contributed by atoms with van der Waals surface area (Å²) in [4.78, 5) is 43.5. The van der Waals surface area contributed by atoms with Crippen molar-refractivity contribution in [1.29, 1.82) is 5.26 Å². The van der Waals surface area contributed by atoms with Gasteiger partial charge in [-0.25, -0.2) is 18.9 Å². The van der Waals surface area contributed by atoms with Gasteiger partial charge in [0, 0.05) is 23.6 Å². The number of phosphoric ester groups is 1. The van der Waals surface area contributed by atoms with Gasteiger partial charge in [0.15, 0.2) is 5.52 Å². The highest BCUT2D eigenvalue weighted by atomic mass is 31.2. The molecule has 0 saturated heterocycles. The molecule has 0 unspecified atom stereocenters. The maximum atomic E-state index is 14.6. The molecule has 15 heteroatoms. The predicted octanol–water partition coefficient (Wildman–Crippen LogP) is 1.21. The van der Waals surface area contributed by atoms with Crippen LogP contribution in [-0.4, -0.2) is 59.6 Å². The average Bonchev–Trinajstić information content (AvgIpc) is 3.18. The van der Waals surface area contributed by atoms with Gasteiger partial charge < -0.3 is 20.4 Å². The van der Waals surface area contributed by atoms with E-state index >= 15 is 0 Å². The van der Waals surface area contributed by atoms with Crippen LogP contribution >= 0.6 is 7.82 Å². The lowest BCUT2D eigenvalue weighted by atomic mass is 10.0. The van der Waals surface area contributed by atoms with Crippen molar-refractivity contribution in [2.75, 3.05) is 11.9 Å². The van der Waals surface area contributed by atoms with E-state index in [1.165, 1.54) is 43.5 Å². The molecule has 1 amide bonds. The number of amides is 1. The smallest absolute Gasteiger partial charge is 0.382 e. The highest BCUT2D eigenvalue weighted by Gasteiger charge is 2.37. The molecule has 0 fully saturated rings. The Morgan fingerprint density at radius 1 is 1.37 bits per heavy atom. The number of anilines is 1. The number of phosphoric acid groups is 1. The molecule has 0 spiro atoms. The van der Waals surface area contributed by atoms with Crippen molar-refractivity contribution in [1.82, 2.24) is 24.8 Å². The summed E-state index contributed by atoms with van der Waals surface area (Å²) < 4.78 is 33.0. The number of carbonyl (C=O) groups excluding carboxylic acids is 1. The van der Waals surface area contributed by atoms with Crippen molar-refractivity contribution in [2.24, 2.45) is 0 Å². The molecule has 0 aliphatic heterocycles. The molecule has 3 heterocycles. The number of rotatable bonds is 9. The Bertz CT molecular complexity index is 1330. The highest BCUT2D eigenvalue weighted by Crippen LogP contribution is 2.42. The molecule has 0 aliphatic carbocycles. The Balaban J connectivity index is 1.86. The molecule has 186 valence electrons. The van der Waals surface area contributed by atoms with Crippen LogP contribution in [0.3, 0.4) is 0 Å². The Hall–Kier alpha value is -3.50. The standard InChI is InChI=1S/C20H24FN8O5P/c1-12(2)27-14-5-17(29-11-25-15-8-28(9-22)10-26-18(15)29)23-6-13(14)19(30)24-7-16(21)20(3,4)34-35(31,32)33/h5-6,8,10-12,16H,7H2,1-4H3,(H3-,23,24,27,30,31,32,33)/p+1/t16-/m1/s1. The largest absolute Gasteiger partial charge is 0.470 e. The summed E-state index contributed by atoms with van der Waals surface area (Å²) in [5.41, 5.74) is -0.391. The van der Waals surface area contributed by atoms with E-state index in [-0.39, 0.29) is 11.6 Å². The molecular formula is C20H25FN8O5P+. The van der Waals surface area contributed by atoms with Crippen molar-refractivity contribution < 1.29 is 32.6 Å². The fraction of sp³-hybridized carbons (Fsp3) is 0.400. The first-order valence-corrected chi connectivity index (χ1v) is 11.9. The number of pyridine rings is 1. The lowest BCUT2D eigenvalue weighted by molar-refractivity contribution is -0.588. The van der Waals surface area contributed by atoms with Crippen LogP contribution in [0.25, 0.3) is 17.0 Å². The first-order chi connectivity index (χ1) is 16.3. The van der Waals surface area contributed by atoms with Gasteiger partial charge in [-0.05, 0) is 27.7 Å². The normalized spacial score (nSPS) is 13.0. The molecule has 3 aromatic heterocycles. The molecule has 35 heavy (non-hydrogen) atoms. The van der Waals surface area contributed by atoms with Gasteiger partial charge in [0.1, 0.15) is 30.1 Å². The summed E-state index contributed by atoms with van der Waals surface area (Å²) in [6, 6.07) is 1.55. The monoisotopic (exact) mass is 507 g/mol. The predicted molar refractivity (Wildman–Crippen MR) is 121 cm³/mol. The number of nitrogens with one attached hydrogen (secondary N) is 2. The van der Waals surface area contributed by atoms with Gasteiger partial charge in [0.2, 0.25) is 12.0 Å². The molecular weight excluding hydrogens is 482 g/mol. The average molecular weight is 507 g/mol. The van der Waals surface area contributed by atoms with Crippen molar-refractivity contribution in [2.45, 2.75) is 45.5 Å². The number of aromatic nitrogens is 5. The maximum Gasteiger partial charge on any atom is 0.470 e. The van der Waals surface area contributed by atoms with Gasteiger partial charge >= 0.3 is 14.0 Å². The Morgan fingerprint density at radius 2 is 2.09 bits per heavy atom. The van der Waals surface area contributed by atoms with Crippen LogP contribution in [-0.2, 0) is 9.09 Å². The van der Waals surface area contributed by atoms with E-state index in [9.17, 15) is 13.8 Å². The molecule has 1 atom stereocenters. The van der Waals surface area contributed by atoms with Crippen LogP contribution in [0.15, 0.2) is 31.1 Å². The lowest BCUT2D eigenvalue weighted by Gasteiger charge is -2.29. The molecule has 3 rings (SSSR count). The number of alkyl halides is 1. The van der Waals surface area contributed by atoms with E-state index in [1.54, 1.807) is 10.6 Å². The molecule has 4 N–H and O–H groups in total. The SMILES string of the molecule is CC(C)Nc1cc(-n2cnc3c[n+](C#N)cnc32)ncc1C(=O)NC[C@@H](F)C(C)(C)OP(=O)(O)O. The summed E-state index contributed by atoms with van der Waals surface area (Å²) in [5, 5.41) is 14.6. The Morgan fingerprint density at radius 3 is 2.71 bits per heavy atom. The Labute approximate surface area is 199 Å². The number of fused-ring (bicyclic) bond motifs is 1. The minimum Gasteiger partial charge on any atom is -0.382 e. The third kappa shape index (κ3) is 6.34. The molecule has 0 bridgehead atoms. The zero-order valence-electron chi connectivity index (χ0n) is 19.4. The molecule has 0 saturated carbocycles.